The van der Waals surface area contributed by atoms with E-state index >= 15 is 0 Å². The van der Waals surface area contributed by atoms with Gasteiger partial charge >= 0.3 is 0 Å². The molecule has 0 atom stereocenters. The number of carbonyl (C=O) groups excluding carboxylic acids is 1. The van der Waals surface area contributed by atoms with Crippen molar-refractivity contribution < 1.29 is 4.79 Å². The molecule has 0 aliphatic heterocycles. The van der Waals surface area contributed by atoms with Crippen LogP contribution < -0.4 is 11.1 Å². The third kappa shape index (κ3) is 2.03. The average molecular weight is 216 g/mol. The molecule has 0 radical (unpaired) electrons. The van der Waals surface area contributed by atoms with Gasteiger partial charge in [-0.25, -0.2) is 4.98 Å². The molecule has 82 valence electrons. The van der Waals surface area contributed by atoms with E-state index in [-0.39, 0.29) is 17.4 Å². The molecule has 16 heavy (non-hydrogen) atoms. The van der Waals surface area contributed by atoms with Crippen molar-refractivity contribution in [1.82, 2.24) is 9.97 Å². The van der Waals surface area contributed by atoms with Crippen LogP contribution in [0.15, 0.2) is 30.6 Å². The Bertz CT molecular complexity index is 518. The van der Waals surface area contributed by atoms with Gasteiger partial charge in [0.25, 0.3) is 5.91 Å². The molecule has 1 aromatic heterocycles. The number of nitrogen functional groups attached to an aromatic ring is 1. The summed E-state index contributed by atoms with van der Waals surface area (Å²) in [6, 6.07) is 7.53. The van der Waals surface area contributed by atoms with Crippen molar-refractivity contribution in [3.63, 3.8) is 0 Å². The molecule has 0 aliphatic carbocycles. The first-order valence-electron chi connectivity index (χ1n) is 4.83. The van der Waals surface area contributed by atoms with Gasteiger partial charge in [0.05, 0.1) is 6.33 Å². The van der Waals surface area contributed by atoms with Gasteiger partial charge in [-0.2, -0.15) is 0 Å². The monoisotopic (exact) mass is 216 g/mol. The van der Waals surface area contributed by atoms with E-state index < -0.39 is 0 Å². The first-order valence-corrected chi connectivity index (χ1v) is 4.83. The molecule has 2 aromatic rings. The Kier molecular flexibility index (Phi) is 2.59. The average Bonchev–Trinajstić information content (AvgIpc) is 2.64. The summed E-state index contributed by atoms with van der Waals surface area (Å²) in [6.45, 7) is 1.96. The predicted molar refractivity (Wildman–Crippen MR) is 62.1 cm³/mol. The molecule has 0 saturated carbocycles. The fourth-order valence-electron chi connectivity index (χ4n) is 1.40. The van der Waals surface area contributed by atoms with Crippen molar-refractivity contribution >= 4 is 17.4 Å². The summed E-state index contributed by atoms with van der Waals surface area (Å²) in [6.07, 6.45) is 1.39. The number of carbonyl (C=O) groups is 1. The molecule has 0 saturated heterocycles. The van der Waals surface area contributed by atoms with Crippen LogP contribution in [-0.4, -0.2) is 15.9 Å². The van der Waals surface area contributed by atoms with E-state index in [1.54, 1.807) is 0 Å². The number of benzene rings is 1. The highest BCUT2D eigenvalue weighted by Crippen LogP contribution is 2.12. The maximum absolute atomic E-state index is 11.7. The molecule has 0 bridgehead atoms. The molecule has 4 N–H and O–H groups in total. The summed E-state index contributed by atoms with van der Waals surface area (Å²) < 4.78 is 0. The van der Waals surface area contributed by atoms with E-state index in [1.807, 2.05) is 31.2 Å². The fourth-order valence-corrected chi connectivity index (χ4v) is 1.40. The number of hydrogen-bond acceptors (Lipinski definition) is 3. The lowest BCUT2D eigenvalue weighted by atomic mass is 10.2. The lowest BCUT2D eigenvalue weighted by Crippen LogP contribution is -2.14. The van der Waals surface area contributed by atoms with Crippen LogP contribution >= 0.6 is 0 Å². The zero-order chi connectivity index (χ0) is 11.5. The number of rotatable bonds is 2. The number of amides is 1. The van der Waals surface area contributed by atoms with Gasteiger partial charge in [0.1, 0.15) is 5.69 Å². The minimum Gasteiger partial charge on any atom is -0.382 e. The Morgan fingerprint density at radius 2 is 2.31 bits per heavy atom. The van der Waals surface area contributed by atoms with E-state index in [9.17, 15) is 4.79 Å². The number of aromatic nitrogens is 2. The van der Waals surface area contributed by atoms with Crippen LogP contribution in [0, 0.1) is 6.92 Å². The smallest absolute Gasteiger partial charge is 0.275 e. The summed E-state index contributed by atoms with van der Waals surface area (Å²) in [5, 5.41) is 2.74. The van der Waals surface area contributed by atoms with Crippen molar-refractivity contribution in [1.29, 1.82) is 0 Å². The van der Waals surface area contributed by atoms with Crippen LogP contribution in [0.1, 0.15) is 16.1 Å². The maximum atomic E-state index is 11.7. The number of anilines is 2. The largest absolute Gasteiger partial charge is 0.382 e. The van der Waals surface area contributed by atoms with Crippen LogP contribution in [0.25, 0.3) is 0 Å². The van der Waals surface area contributed by atoms with Gasteiger partial charge in [0, 0.05) is 5.69 Å². The second kappa shape index (κ2) is 4.06. The zero-order valence-corrected chi connectivity index (χ0v) is 8.82. The van der Waals surface area contributed by atoms with Gasteiger partial charge in [-0.3, -0.25) is 4.79 Å². The first kappa shape index (κ1) is 10.2. The Hall–Kier alpha value is -2.30. The van der Waals surface area contributed by atoms with E-state index in [0.29, 0.717) is 0 Å². The molecule has 1 aromatic carbocycles. The number of aryl methyl sites for hydroxylation is 1. The summed E-state index contributed by atoms with van der Waals surface area (Å²) in [4.78, 5) is 18.2. The Morgan fingerprint density at radius 3 is 2.94 bits per heavy atom. The van der Waals surface area contributed by atoms with Gasteiger partial charge in [0.15, 0.2) is 5.82 Å². The summed E-state index contributed by atoms with van der Waals surface area (Å²) in [5.74, 6) is -0.0919. The van der Waals surface area contributed by atoms with Crippen molar-refractivity contribution in [3.8, 4) is 0 Å². The molecular weight excluding hydrogens is 204 g/mol. The third-order valence-electron chi connectivity index (χ3n) is 2.17. The number of nitrogens with zero attached hydrogens (tertiary/aromatic N) is 1. The summed E-state index contributed by atoms with van der Waals surface area (Å²) >= 11 is 0. The first-order chi connectivity index (χ1) is 7.66. The Morgan fingerprint density at radius 1 is 1.50 bits per heavy atom. The molecule has 0 aliphatic rings. The molecular formula is C11H12N4O. The number of nitrogens with two attached hydrogens (primary N) is 1. The molecule has 5 nitrogen and oxygen atoms in total. The minimum atomic E-state index is -0.291. The van der Waals surface area contributed by atoms with Crippen LogP contribution in [0.4, 0.5) is 11.5 Å². The highest BCUT2D eigenvalue weighted by atomic mass is 16.1. The number of nitrogens with one attached hydrogen (secondary N) is 2. The Balaban J connectivity index is 2.17. The normalized spacial score (nSPS) is 10.1. The number of H-pyrrole nitrogens is 1. The van der Waals surface area contributed by atoms with E-state index in [1.165, 1.54) is 6.33 Å². The molecule has 0 fully saturated rings. The van der Waals surface area contributed by atoms with Gasteiger partial charge in [-0.1, -0.05) is 12.1 Å². The molecule has 5 heteroatoms. The maximum Gasteiger partial charge on any atom is 0.275 e. The van der Waals surface area contributed by atoms with Gasteiger partial charge in [0.2, 0.25) is 0 Å². The molecule has 2 rings (SSSR count). The standard InChI is InChI=1S/C11H12N4O/c1-7-3-2-4-8(5-7)15-11(16)9-10(12)14-6-13-9/h2-6H,12H2,1H3,(H,13,14)(H,15,16). The van der Waals surface area contributed by atoms with Crippen LogP contribution in [0.3, 0.4) is 0 Å². The van der Waals surface area contributed by atoms with Crippen molar-refractivity contribution in [2.24, 2.45) is 0 Å². The second-order valence-corrected chi connectivity index (χ2v) is 3.49. The minimum absolute atomic E-state index is 0.199. The predicted octanol–water partition coefficient (Wildman–Crippen LogP) is 1.55. The lowest BCUT2D eigenvalue weighted by molar-refractivity contribution is 0.102. The van der Waals surface area contributed by atoms with Gasteiger partial charge < -0.3 is 16.0 Å². The summed E-state index contributed by atoms with van der Waals surface area (Å²) in [5.41, 5.74) is 7.62. The SMILES string of the molecule is Cc1cccc(NC(=O)c2[nH]cnc2N)c1. The quantitative estimate of drug-likeness (QED) is 0.712. The highest BCUT2D eigenvalue weighted by Gasteiger charge is 2.11. The zero-order valence-electron chi connectivity index (χ0n) is 8.82. The van der Waals surface area contributed by atoms with Crippen LogP contribution in [0.2, 0.25) is 0 Å². The number of hydrogen-bond donors (Lipinski definition) is 3. The van der Waals surface area contributed by atoms with Crippen molar-refractivity contribution in [3.05, 3.63) is 41.9 Å². The highest BCUT2D eigenvalue weighted by molar-refractivity contribution is 6.05. The molecule has 1 amide bonds. The lowest BCUT2D eigenvalue weighted by Gasteiger charge is -2.04. The van der Waals surface area contributed by atoms with Gasteiger partial charge in [-0.05, 0) is 24.6 Å². The fraction of sp³-hybridized carbons (Fsp3) is 0.0909. The number of aromatic amines is 1. The molecule has 1 heterocycles. The van der Waals surface area contributed by atoms with E-state index in [0.717, 1.165) is 11.3 Å². The van der Waals surface area contributed by atoms with Crippen molar-refractivity contribution in [2.45, 2.75) is 6.92 Å². The van der Waals surface area contributed by atoms with E-state index in [2.05, 4.69) is 15.3 Å². The second-order valence-electron chi connectivity index (χ2n) is 3.49. The van der Waals surface area contributed by atoms with Crippen molar-refractivity contribution in [2.75, 3.05) is 11.1 Å². The Labute approximate surface area is 92.7 Å². The molecule has 0 unspecified atom stereocenters. The third-order valence-corrected chi connectivity index (χ3v) is 2.17. The topological polar surface area (TPSA) is 83.8 Å². The van der Waals surface area contributed by atoms with Crippen LogP contribution in [0.5, 0.6) is 0 Å². The van der Waals surface area contributed by atoms with E-state index in [4.69, 9.17) is 5.73 Å². The molecule has 0 spiro atoms. The van der Waals surface area contributed by atoms with Gasteiger partial charge in [-0.15, -0.1) is 0 Å². The van der Waals surface area contributed by atoms with Crippen LogP contribution in [-0.2, 0) is 0 Å². The number of imidazole rings is 1. The summed E-state index contributed by atoms with van der Waals surface area (Å²) in [7, 11) is 0.